The summed E-state index contributed by atoms with van der Waals surface area (Å²) < 4.78 is 3.53. The number of nitrogens with zero attached hydrogens (tertiary/aromatic N) is 8. The molecular formula is C21H20N8. The van der Waals surface area contributed by atoms with Gasteiger partial charge in [0.05, 0.1) is 19.5 Å². The maximum atomic E-state index is 4.16. The highest BCUT2D eigenvalue weighted by atomic mass is 15.6. The van der Waals surface area contributed by atoms with E-state index >= 15 is 0 Å². The summed E-state index contributed by atoms with van der Waals surface area (Å²) in [5, 5.41) is 24.2. The highest BCUT2D eigenvalue weighted by Gasteiger charge is 2.14. The maximum absolute atomic E-state index is 4.16. The first-order valence-corrected chi connectivity index (χ1v) is 9.18. The van der Waals surface area contributed by atoms with E-state index < -0.39 is 0 Å². The second kappa shape index (κ2) is 8.39. The Labute approximate surface area is 168 Å². The van der Waals surface area contributed by atoms with Gasteiger partial charge in [0, 0.05) is 0 Å². The first kappa shape index (κ1) is 18.4. The molecule has 2 aromatic carbocycles. The van der Waals surface area contributed by atoms with Gasteiger partial charge in [0.2, 0.25) is 0 Å². The zero-order valence-corrected chi connectivity index (χ0v) is 15.9. The number of aromatic nitrogens is 8. The van der Waals surface area contributed by atoms with Crippen LogP contribution in [0.1, 0.15) is 33.9 Å². The number of hydrogen-bond acceptors (Lipinski definition) is 6. The van der Waals surface area contributed by atoms with Crippen LogP contribution in [-0.2, 0) is 19.5 Å². The molecular weight excluding hydrogens is 364 g/mol. The minimum Gasteiger partial charge on any atom is -0.225 e. The second-order valence-electron chi connectivity index (χ2n) is 6.57. The molecule has 0 saturated carbocycles. The van der Waals surface area contributed by atoms with Crippen LogP contribution >= 0.6 is 0 Å². The average molecular weight is 384 g/mol. The highest BCUT2D eigenvalue weighted by molar-refractivity contribution is 5.47. The summed E-state index contributed by atoms with van der Waals surface area (Å²) in [4.78, 5) is 0. The van der Waals surface area contributed by atoms with Crippen LogP contribution < -0.4 is 0 Å². The van der Waals surface area contributed by atoms with E-state index in [2.05, 4.69) is 44.2 Å². The first-order valence-electron chi connectivity index (χ1n) is 9.18. The molecule has 4 aromatic rings. The third-order valence-corrected chi connectivity index (χ3v) is 4.62. The summed E-state index contributed by atoms with van der Waals surface area (Å²) in [5.41, 5.74) is 4.36. The molecule has 2 aromatic heterocycles. The molecule has 2 heterocycles. The Balaban J connectivity index is 1.49. The van der Waals surface area contributed by atoms with E-state index in [0.717, 1.165) is 22.3 Å². The summed E-state index contributed by atoms with van der Waals surface area (Å²) >= 11 is 0. The molecule has 0 N–H and O–H groups in total. The number of benzene rings is 2. The molecule has 0 aliphatic heterocycles. The fourth-order valence-corrected chi connectivity index (χ4v) is 2.95. The Hall–Kier alpha value is -3.94. The molecule has 0 amide bonds. The standard InChI is InChI=1S/C21H20N8/c1-3-16-5-9-18(10-6-16)14-28-20(22-24-26-28)13-21-23-25-27-29(21)15-19-11-7-17(4-2)8-12-19/h3-12H,1-2,13-15H2. The molecule has 4 rings (SSSR count). The molecule has 8 heteroatoms. The van der Waals surface area contributed by atoms with Gasteiger partial charge in [-0.3, -0.25) is 0 Å². The van der Waals surface area contributed by atoms with Gasteiger partial charge in [0.15, 0.2) is 11.6 Å². The first-order chi connectivity index (χ1) is 14.2. The normalized spacial score (nSPS) is 10.8. The monoisotopic (exact) mass is 384 g/mol. The Bertz CT molecular complexity index is 1020. The van der Waals surface area contributed by atoms with Crippen LogP contribution in [0.25, 0.3) is 12.2 Å². The van der Waals surface area contributed by atoms with Crippen LogP contribution in [0.3, 0.4) is 0 Å². The van der Waals surface area contributed by atoms with Gasteiger partial charge in [-0.15, -0.1) is 10.2 Å². The summed E-state index contributed by atoms with van der Waals surface area (Å²) in [6.07, 6.45) is 4.07. The van der Waals surface area contributed by atoms with Crippen molar-refractivity contribution in [1.82, 2.24) is 40.4 Å². The van der Waals surface area contributed by atoms with Crippen molar-refractivity contribution >= 4 is 12.2 Å². The third-order valence-electron chi connectivity index (χ3n) is 4.62. The van der Waals surface area contributed by atoms with Gasteiger partial charge < -0.3 is 0 Å². The van der Waals surface area contributed by atoms with Crippen molar-refractivity contribution in [1.29, 1.82) is 0 Å². The minimum atomic E-state index is 0.440. The molecule has 0 radical (unpaired) electrons. The van der Waals surface area contributed by atoms with Crippen molar-refractivity contribution < 1.29 is 0 Å². The van der Waals surface area contributed by atoms with Gasteiger partial charge >= 0.3 is 0 Å². The maximum Gasteiger partial charge on any atom is 0.159 e. The average Bonchev–Trinajstić information content (AvgIpc) is 3.39. The van der Waals surface area contributed by atoms with Crippen molar-refractivity contribution in [3.63, 3.8) is 0 Å². The summed E-state index contributed by atoms with van der Waals surface area (Å²) in [6, 6.07) is 16.2. The molecule has 144 valence electrons. The lowest BCUT2D eigenvalue weighted by atomic mass is 10.1. The number of tetrazole rings is 2. The van der Waals surface area contributed by atoms with Crippen LogP contribution in [0.15, 0.2) is 61.7 Å². The summed E-state index contributed by atoms with van der Waals surface area (Å²) in [7, 11) is 0. The van der Waals surface area contributed by atoms with Crippen LogP contribution in [0, 0.1) is 0 Å². The topological polar surface area (TPSA) is 87.2 Å². The lowest BCUT2D eigenvalue weighted by molar-refractivity contribution is 0.597. The molecule has 0 saturated heterocycles. The molecule has 0 bridgehead atoms. The molecule has 0 spiro atoms. The van der Waals surface area contributed by atoms with E-state index in [9.17, 15) is 0 Å². The van der Waals surface area contributed by atoms with Crippen molar-refractivity contribution in [2.75, 3.05) is 0 Å². The Morgan fingerprint density at radius 1 is 0.655 bits per heavy atom. The van der Waals surface area contributed by atoms with Crippen LogP contribution in [0.5, 0.6) is 0 Å². The smallest absolute Gasteiger partial charge is 0.159 e. The summed E-state index contributed by atoms with van der Waals surface area (Å²) in [6.45, 7) is 8.70. The lowest BCUT2D eigenvalue weighted by Crippen LogP contribution is -2.12. The van der Waals surface area contributed by atoms with E-state index in [0.29, 0.717) is 31.2 Å². The zero-order valence-electron chi connectivity index (χ0n) is 15.9. The number of rotatable bonds is 8. The highest BCUT2D eigenvalue weighted by Crippen LogP contribution is 2.11. The Kier molecular flexibility index (Phi) is 5.33. The largest absolute Gasteiger partial charge is 0.225 e. The van der Waals surface area contributed by atoms with Crippen LogP contribution in [-0.4, -0.2) is 40.4 Å². The predicted molar refractivity (Wildman–Crippen MR) is 110 cm³/mol. The quantitative estimate of drug-likeness (QED) is 0.464. The van der Waals surface area contributed by atoms with Crippen molar-refractivity contribution in [3.8, 4) is 0 Å². The van der Waals surface area contributed by atoms with Gasteiger partial charge in [0.1, 0.15) is 0 Å². The van der Waals surface area contributed by atoms with E-state index in [1.165, 1.54) is 0 Å². The van der Waals surface area contributed by atoms with Crippen molar-refractivity contribution in [2.45, 2.75) is 19.5 Å². The third kappa shape index (κ3) is 4.32. The van der Waals surface area contributed by atoms with Gasteiger partial charge in [0.25, 0.3) is 0 Å². The van der Waals surface area contributed by atoms with Gasteiger partial charge in [-0.2, -0.15) is 0 Å². The van der Waals surface area contributed by atoms with E-state index in [4.69, 9.17) is 0 Å². The zero-order chi connectivity index (χ0) is 20.1. The van der Waals surface area contributed by atoms with Gasteiger partial charge in [-0.1, -0.05) is 73.8 Å². The van der Waals surface area contributed by atoms with Crippen LogP contribution in [0.4, 0.5) is 0 Å². The molecule has 29 heavy (non-hydrogen) atoms. The Morgan fingerprint density at radius 2 is 1.07 bits per heavy atom. The van der Waals surface area contributed by atoms with E-state index in [1.54, 1.807) is 9.36 Å². The minimum absolute atomic E-state index is 0.440. The SMILES string of the molecule is C=Cc1ccc(Cn2nnnc2Cc2nnnn2Cc2ccc(C=C)cc2)cc1. The molecule has 0 unspecified atom stereocenters. The molecule has 8 nitrogen and oxygen atoms in total. The molecule has 0 aliphatic rings. The fourth-order valence-electron chi connectivity index (χ4n) is 2.95. The van der Waals surface area contributed by atoms with Crippen molar-refractivity contribution in [2.24, 2.45) is 0 Å². The van der Waals surface area contributed by atoms with Gasteiger partial charge in [-0.25, -0.2) is 9.36 Å². The Morgan fingerprint density at radius 3 is 1.45 bits per heavy atom. The van der Waals surface area contributed by atoms with E-state index in [1.807, 2.05) is 60.7 Å². The number of hydrogen-bond donors (Lipinski definition) is 0. The lowest BCUT2D eigenvalue weighted by Gasteiger charge is -2.07. The molecule has 0 atom stereocenters. The molecule has 0 fully saturated rings. The molecule has 0 aliphatic carbocycles. The fraction of sp³-hybridized carbons (Fsp3) is 0.143. The van der Waals surface area contributed by atoms with Crippen LogP contribution in [0.2, 0.25) is 0 Å². The van der Waals surface area contributed by atoms with E-state index in [-0.39, 0.29) is 0 Å². The predicted octanol–water partition coefficient (Wildman–Crippen LogP) is 2.63. The van der Waals surface area contributed by atoms with Gasteiger partial charge in [-0.05, 0) is 43.1 Å². The van der Waals surface area contributed by atoms with Crippen molar-refractivity contribution in [3.05, 3.63) is 95.6 Å². The summed E-state index contributed by atoms with van der Waals surface area (Å²) in [5.74, 6) is 1.41. The second-order valence-corrected chi connectivity index (χ2v) is 6.57.